The Morgan fingerprint density at radius 3 is 2.52 bits per heavy atom. The van der Waals surface area contributed by atoms with Crippen LogP contribution < -0.4 is 20.9 Å². The molecule has 10 heteroatoms. The summed E-state index contributed by atoms with van der Waals surface area (Å²) in [5, 5.41) is 7.08. The zero-order valence-electron chi connectivity index (χ0n) is 26.5. The molecule has 6 atom stereocenters. The Balaban J connectivity index is 1.27. The molecule has 2 bridgehead atoms. The lowest BCUT2D eigenvalue weighted by Gasteiger charge is -2.61. The van der Waals surface area contributed by atoms with Gasteiger partial charge in [-0.3, -0.25) is 9.36 Å². The minimum atomic E-state index is -0.542. The highest BCUT2D eigenvalue weighted by atomic mass is 19.1. The van der Waals surface area contributed by atoms with Crippen LogP contribution in [0.15, 0.2) is 46.4 Å². The molecular formula is C34H44F2N6O2. The zero-order chi connectivity index (χ0) is 31.3. The Labute approximate surface area is 257 Å². The number of aromatic nitrogens is 2. The number of hydrogen-bond acceptors (Lipinski definition) is 5. The lowest BCUT2D eigenvalue weighted by Crippen LogP contribution is -2.59. The van der Waals surface area contributed by atoms with Crippen molar-refractivity contribution in [2.24, 2.45) is 28.2 Å². The number of ether oxygens (including phenoxy) is 1. The summed E-state index contributed by atoms with van der Waals surface area (Å²) < 4.78 is 36.6. The topological polar surface area (TPSA) is 83.8 Å². The van der Waals surface area contributed by atoms with Gasteiger partial charge in [-0.05, 0) is 80.0 Å². The van der Waals surface area contributed by atoms with Crippen molar-refractivity contribution in [3.63, 3.8) is 0 Å². The molecule has 7 rings (SSSR count). The smallest absolute Gasteiger partial charge is 0.261 e. The van der Waals surface area contributed by atoms with Gasteiger partial charge in [0.25, 0.3) is 5.56 Å². The zero-order valence-corrected chi connectivity index (χ0v) is 26.5. The molecule has 44 heavy (non-hydrogen) atoms. The average molecular weight is 607 g/mol. The van der Waals surface area contributed by atoms with E-state index in [0.29, 0.717) is 46.0 Å². The highest BCUT2D eigenvalue weighted by Gasteiger charge is 2.56. The van der Waals surface area contributed by atoms with Crippen LogP contribution in [0.4, 0.5) is 14.5 Å². The quantitative estimate of drug-likeness (QED) is 0.287. The van der Waals surface area contributed by atoms with Crippen molar-refractivity contribution in [3.05, 3.63) is 64.2 Å². The van der Waals surface area contributed by atoms with Crippen LogP contribution in [0.3, 0.4) is 0 Å². The first kappa shape index (κ1) is 30.5. The van der Waals surface area contributed by atoms with Crippen molar-refractivity contribution in [1.29, 1.82) is 0 Å². The summed E-state index contributed by atoms with van der Waals surface area (Å²) in [6.45, 7) is 13.1. The van der Waals surface area contributed by atoms with Crippen molar-refractivity contribution >= 4 is 22.5 Å². The number of fused-ring (bicyclic) bond motifs is 3. The molecule has 1 aromatic heterocycles. The van der Waals surface area contributed by atoms with Crippen LogP contribution >= 0.6 is 0 Å². The van der Waals surface area contributed by atoms with Gasteiger partial charge in [-0.1, -0.05) is 26.8 Å². The Kier molecular flexibility index (Phi) is 8.15. The van der Waals surface area contributed by atoms with Crippen molar-refractivity contribution in [1.82, 2.24) is 19.8 Å². The standard InChI is InChI=1S/C34H44F2N6O2/c1-19-16-42(17-20(2)38-19)33(39-29-12-23-11-26(21(29)3)34(23,4)5)40-31-15-30-25(14-28(31)36)32(43)41(18-37-30)10-9-22-7-8-24(44-6)13-27(22)35/h7-8,13-15,18-21,23,26,29,38H,9-12,16-17H2,1-6H3,(H,39,40). The Hall–Kier alpha value is -3.53. The number of aryl methyl sites for hydroxylation is 2. The predicted molar refractivity (Wildman–Crippen MR) is 170 cm³/mol. The van der Waals surface area contributed by atoms with E-state index in [4.69, 9.17) is 9.73 Å². The van der Waals surface area contributed by atoms with Gasteiger partial charge >= 0.3 is 0 Å². The number of nitrogens with one attached hydrogen (secondary N) is 2. The lowest BCUT2D eigenvalue weighted by molar-refractivity contribution is -0.108. The first-order valence-corrected chi connectivity index (χ1v) is 15.8. The van der Waals surface area contributed by atoms with Crippen LogP contribution in [0, 0.1) is 34.8 Å². The summed E-state index contributed by atoms with van der Waals surface area (Å²) in [5.74, 6) is 1.90. The summed E-state index contributed by atoms with van der Waals surface area (Å²) in [6, 6.07) is 8.17. The van der Waals surface area contributed by atoms with E-state index < -0.39 is 11.6 Å². The van der Waals surface area contributed by atoms with Crippen LogP contribution in [-0.2, 0) is 13.0 Å². The third-order valence-electron chi connectivity index (χ3n) is 10.5. The predicted octanol–water partition coefficient (Wildman–Crippen LogP) is 5.45. The largest absolute Gasteiger partial charge is 0.497 e. The average Bonchev–Trinajstić information content (AvgIpc) is 2.97. The van der Waals surface area contributed by atoms with Crippen LogP contribution in [0.5, 0.6) is 5.75 Å². The van der Waals surface area contributed by atoms with Gasteiger partial charge in [0.15, 0.2) is 5.96 Å². The lowest BCUT2D eigenvalue weighted by atomic mass is 9.45. The molecule has 3 aliphatic carbocycles. The molecule has 2 aromatic carbocycles. The van der Waals surface area contributed by atoms with E-state index in [9.17, 15) is 9.18 Å². The molecule has 0 spiro atoms. The second-order valence-corrected chi connectivity index (χ2v) is 13.8. The minimum absolute atomic E-state index is 0.166. The van der Waals surface area contributed by atoms with Crippen LogP contribution in [0.2, 0.25) is 0 Å². The SMILES string of the molecule is COc1ccc(CCn2cnc3cc(NC(=NC4CC5CC(C4C)C5(C)C)N4CC(C)NC(C)C4)c(F)cc3c2=O)c(F)c1. The Bertz CT molecular complexity index is 1630. The summed E-state index contributed by atoms with van der Waals surface area (Å²) >= 11 is 0. The molecule has 4 aliphatic rings. The first-order chi connectivity index (χ1) is 20.9. The van der Waals surface area contributed by atoms with Crippen molar-refractivity contribution in [2.45, 2.75) is 78.6 Å². The molecule has 0 amide bonds. The number of rotatable bonds is 6. The molecular weight excluding hydrogens is 562 g/mol. The highest BCUT2D eigenvalue weighted by Crippen LogP contribution is 2.61. The maximum atomic E-state index is 15.7. The Morgan fingerprint density at radius 1 is 1.11 bits per heavy atom. The molecule has 0 radical (unpaired) electrons. The summed E-state index contributed by atoms with van der Waals surface area (Å²) in [6.07, 6.45) is 4.03. The van der Waals surface area contributed by atoms with Crippen molar-refractivity contribution in [2.75, 3.05) is 25.5 Å². The molecule has 236 valence electrons. The molecule has 3 saturated carbocycles. The van der Waals surface area contributed by atoms with Crippen LogP contribution in [0.25, 0.3) is 10.9 Å². The Morgan fingerprint density at radius 2 is 1.86 bits per heavy atom. The third-order valence-corrected chi connectivity index (χ3v) is 10.5. The number of halogens is 2. The minimum Gasteiger partial charge on any atom is -0.497 e. The number of benzene rings is 2. The summed E-state index contributed by atoms with van der Waals surface area (Å²) in [4.78, 5) is 25.3. The van der Waals surface area contributed by atoms with Gasteiger partial charge in [0.2, 0.25) is 0 Å². The molecule has 1 aliphatic heterocycles. The van der Waals surface area contributed by atoms with Gasteiger partial charge in [-0.25, -0.2) is 18.8 Å². The maximum Gasteiger partial charge on any atom is 0.261 e. The number of piperazine rings is 1. The molecule has 4 fully saturated rings. The number of aliphatic imine (C=N–C) groups is 1. The molecule has 6 unspecified atom stereocenters. The molecule has 1 saturated heterocycles. The van der Waals surface area contributed by atoms with E-state index in [1.807, 2.05) is 0 Å². The van der Waals surface area contributed by atoms with Crippen molar-refractivity contribution in [3.8, 4) is 5.75 Å². The molecule has 8 nitrogen and oxygen atoms in total. The highest BCUT2D eigenvalue weighted by molar-refractivity contribution is 5.96. The number of guanidine groups is 1. The van der Waals surface area contributed by atoms with E-state index >= 15 is 4.39 Å². The number of hydrogen-bond donors (Lipinski definition) is 2. The van der Waals surface area contributed by atoms with E-state index in [1.54, 1.807) is 18.2 Å². The monoisotopic (exact) mass is 606 g/mol. The molecule has 2 N–H and O–H groups in total. The summed E-state index contributed by atoms with van der Waals surface area (Å²) in [7, 11) is 1.48. The van der Waals surface area contributed by atoms with Gasteiger partial charge in [-0.15, -0.1) is 0 Å². The molecule has 2 heterocycles. The van der Waals surface area contributed by atoms with Gasteiger partial charge in [0.05, 0.1) is 36.1 Å². The second kappa shape index (κ2) is 11.8. The normalized spacial score (nSPS) is 28.1. The van der Waals surface area contributed by atoms with Crippen molar-refractivity contribution < 1.29 is 13.5 Å². The third kappa shape index (κ3) is 5.69. The maximum absolute atomic E-state index is 15.7. The van der Waals surface area contributed by atoms with E-state index in [1.165, 1.54) is 36.6 Å². The van der Waals surface area contributed by atoms with E-state index in [2.05, 4.69) is 55.1 Å². The number of nitrogens with zero attached hydrogens (tertiary/aromatic N) is 4. The number of anilines is 1. The van der Waals surface area contributed by atoms with Gasteiger partial charge < -0.3 is 20.3 Å². The van der Waals surface area contributed by atoms with Gasteiger partial charge in [-0.2, -0.15) is 0 Å². The fourth-order valence-electron chi connectivity index (χ4n) is 7.80. The van der Waals surface area contributed by atoms with E-state index in [0.717, 1.165) is 19.5 Å². The fourth-order valence-corrected chi connectivity index (χ4v) is 7.80. The summed E-state index contributed by atoms with van der Waals surface area (Å²) in [5.41, 5.74) is 1.07. The molecule has 3 aromatic rings. The van der Waals surface area contributed by atoms with Crippen LogP contribution in [-0.4, -0.2) is 58.7 Å². The van der Waals surface area contributed by atoms with Gasteiger partial charge in [0.1, 0.15) is 17.4 Å². The number of methoxy groups -OCH3 is 1. The fraction of sp³-hybridized carbons (Fsp3) is 0.559. The van der Waals surface area contributed by atoms with E-state index in [-0.39, 0.29) is 47.7 Å². The van der Waals surface area contributed by atoms with Gasteiger partial charge in [0, 0.05) is 37.8 Å². The van der Waals surface area contributed by atoms with Crippen LogP contribution in [0.1, 0.15) is 53.0 Å². The first-order valence-electron chi connectivity index (χ1n) is 15.8. The second-order valence-electron chi connectivity index (χ2n) is 13.8.